The number of aromatic nitrogens is 1. The maximum absolute atomic E-state index is 5.79. The van der Waals surface area contributed by atoms with Crippen LogP contribution in [0, 0.1) is 0 Å². The van der Waals surface area contributed by atoms with Crippen molar-refractivity contribution >= 4 is 31.9 Å². The highest BCUT2D eigenvalue weighted by molar-refractivity contribution is 9.11. The van der Waals surface area contributed by atoms with Gasteiger partial charge in [-0.3, -0.25) is 0 Å². The minimum Gasteiger partial charge on any atom is -0.485 e. The summed E-state index contributed by atoms with van der Waals surface area (Å²) in [4.78, 5) is 0. The maximum Gasteiger partial charge on any atom is 0.162 e. The molecular weight excluding hydrogens is 404 g/mol. The summed E-state index contributed by atoms with van der Waals surface area (Å²) in [7, 11) is 1.61. The molecule has 0 bridgehead atoms. The summed E-state index contributed by atoms with van der Waals surface area (Å²) >= 11 is 7.02. The van der Waals surface area contributed by atoms with Gasteiger partial charge in [0.15, 0.2) is 5.76 Å². The van der Waals surface area contributed by atoms with Crippen LogP contribution in [0.4, 0.5) is 0 Å². The summed E-state index contributed by atoms with van der Waals surface area (Å²) in [5.74, 6) is 1.40. The second-order valence-corrected chi connectivity index (χ2v) is 6.14. The van der Waals surface area contributed by atoms with Gasteiger partial charge in [0, 0.05) is 13.2 Å². The zero-order chi connectivity index (χ0) is 15.2. The van der Waals surface area contributed by atoms with E-state index in [9.17, 15) is 0 Å². The Balaban J connectivity index is 2.05. The molecule has 0 saturated carbocycles. The van der Waals surface area contributed by atoms with Gasteiger partial charge in [0.1, 0.15) is 24.7 Å². The molecule has 1 heterocycles. The van der Waals surface area contributed by atoms with Crippen LogP contribution in [-0.2, 0) is 24.4 Å². The summed E-state index contributed by atoms with van der Waals surface area (Å²) < 4.78 is 17.6. The lowest BCUT2D eigenvalue weighted by atomic mass is 10.1. The highest BCUT2D eigenvalue weighted by atomic mass is 79.9. The molecule has 7 heteroatoms. The van der Waals surface area contributed by atoms with E-state index in [-0.39, 0.29) is 0 Å². The molecule has 2 aromatic rings. The van der Waals surface area contributed by atoms with Crippen LogP contribution in [0.3, 0.4) is 0 Å². The van der Waals surface area contributed by atoms with Crippen molar-refractivity contribution < 1.29 is 14.0 Å². The minimum absolute atomic E-state index is 0.320. The molecule has 114 valence electrons. The van der Waals surface area contributed by atoms with E-state index in [0.29, 0.717) is 31.2 Å². The number of methoxy groups -OCH3 is 1. The SMILES string of the molecule is COCc1cc(COc2c(Br)cc(CCN)cc2Br)no1. The van der Waals surface area contributed by atoms with Gasteiger partial charge in [-0.1, -0.05) is 5.16 Å². The van der Waals surface area contributed by atoms with E-state index in [0.717, 1.165) is 26.7 Å². The average molecular weight is 420 g/mol. The largest absolute Gasteiger partial charge is 0.485 e. The molecule has 0 amide bonds. The van der Waals surface area contributed by atoms with Gasteiger partial charge in [-0.15, -0.1) is 0 Å². The fourth-order valence-electron chi connectivity index (χ4n) is 1.84. The monoisotopic (exact) mass is 418 g/mol. The van der Waals surface area contributed by atoms with Gasteiger partial charge in [0.25, 0.3) is 0 Å². The second kappa shape index (κ2) is 7.93. The van der Waals surface area contributed by atoms with E-state index in [1.807, 2.05) is 18.2 Å². The van der Waals surface area contributed by atoms with Crippen molar-refractivity contribution in [3.63, 3.8) is 0 Å². The van der Waals surface area contributed by atoms with Crippen LogP contribution in [0.5, 0.6) is 5.75 Å². The summed E-state index contributed by atoms with van der Waals surface area (Å²) in [6.45, 7) is 1.33. The molecule has 0 aliphatic heterocycles. The molecule has 0 aliphatic rings. The second-order valence-electron chi connectivity index (χ2n) is 4.43. The number of hydrogen-bond acceptors (Lipinski definition) is 5. The molecule has 0 unspecified atom stereocenters. The predicted molar refractivity (Wildman–Crippen MR) is 86.1 cm³/mol. The summed E-state index contributed by atoms with van der Waals surface area (Å²) in [6.07, 6.45) is 0.821. The van der Waals surface area contributed by atoms with Crippen molar-refractivity contribution in [3.8, 4) is 5.75 Å². The first-order valence-electron chi connectivity index (χ1n) is 6.38. The first-order valence-corrected chi connectivity index (χ1v) is 7.96. The van der Waals surface area contributed by atoms with Crippen LogP contribution in [-0.4, -0.2) is 18.8 Å². The van der Waals surface area contributed by atoms with Gasteiger partial charge in [0.05, 0.1) is 8.95 Å². The number of benzene rings is 1. The standard InChI is InChI=1S/C14H16Br2N2O3/c1-19-8-11-6-10(18-21-11)7-20-14-12(15)4-9(2-3-17)5-13(14)16/h4-6H,2-3,7-8,17H2,1H3. The summed E-state index contributed by atoms with van der Waals surface area (Å²) in [5.41, 5.74) is 7.43. The fourth-order valence-corrected chi connectivity index (χ4v) is 3.35. The third-order valence-electron chi connectivity index (χ3n) is 2.75. The molecule has 0 saturated heterocycles. The smallest absolute Gasteiger partial charge is 0.162 e. The van der Waals surface area contributed by atoms with Gasteiger partial charge in [0.2, 0.25) is 0 Å². The van der Waals surface area contributed by atoms with Gasteiger partial charge < -0.3 is 19.7 Å². The van der Waals surface area contributed by atoms with Crippen LogP contribution < -0.4 is 10.5 Å². The number of nitrogens with two attached hydrogens (primary N) is 1. The van der Waals surface area contributed by atoms with Gasteiger partial charge in [-0.05, 0) is 62.5 Å². The van der Waals surface area contributed by atoms with Gasteiger partial charge >= 0.3 is 0 Å². The number of nitrogens with zero attached hydrogens (tertiary/aromatic N) is 1. The Kier molecular flexibility index (Phi) is 6.22. The normalized spacial score (nSPS) is 10.9. The lowest BCUT2D eigenvalue weighted by Gasteiger charge is -2.11. The molecule has 0 spiro atoms. The van der Waals surface area contributed by atoms with Crippen LogP contribution >= 0.6 is 31.9 Å². The molecule has 5 nitrogen and oxygen atoms in total. The van der Waals surface area contributed by atoms with Gasteiger partial charge in [-0.2, -0.15) is 0 Å². The number of hydrogen-bond donors (Lipinski definition) is 1. The Morgan fingerprint density at radius 1 is 1.19 bits per heavy atom. The molecule has 21 heavy (non-hydrogen) atoms. The molecule has 1 aromatic carbocycles. The third kappa shape index (κ3) is 4.54. The Labute approximate surface area is 140 Å². The summed E-state index contributed by atoms with van der Waals surface area (Å²) in [6, 6.07) is 5.83. The molecule has 0 fully saturated rings. The average Bonchev–Trinajstić information content (AvgIpc) is 2.86. The lowest BCUT2D eigenvalue weighted by Crippen LogP contribution is -2.03. The van der Waals surface area contributed by atoms with Crippen molar-refractivity contribution in [2.45, 2.75) is 19.6 Å². The first kappa shape index (κ1) is 16.5. The van der Waals surface area contributed by atoms with Crippen molar-refractivity contribution in [3.05, 3.63) is 44.2 Å². The van der Waals surface area contributed by atoms with Crippen molar-refractivity contribution in [2.75, 3.05) is 13.7 Å². The Bertz CT molecular complexity index is 579. The molecule has 2 rings (SSSR count). The molecule has 0 aliphatic carbocycles. The maximum atomic E-state index is 5.79. The van der Waals surface area contributed by atoms with Crippen LogP contribution in [0.1, 0.15) is 17.0 Å². The van der Waals surface area contributed by atoms with Crippen LogP contribution in [0.15, 0.2) is 31.7 Å². The number of rotatable bonds is 7. The van der Waals surface area contributed by atoms with E-state index < -0.39 is 0 Å². The van der Waals surface area contributed by atoms with E-state index >= 15 is 0 Å². The van der Waals surface area contributed by atoms with Crippen molar-refractivity contribution in [1.29, 1.82) is 0 Å². The van der Waals surface area contributed by atoms with E-state index in [4.69, 9.17) is 19.7 Å². The zero-order valence-electron chi connectivity index (χ0n) is 11.6. The Morgan fingerprint density at radius 3 is 2.52 bits per heavy atom. The van der Waals surface area contributed by atoms with E-state index in [1.54, 1.807) is 7.11 Å². The first-order chi connectivity index (χ1) is 10.1. The van der Waals surface area contributed by atoms with Crippen molar-refractivity contribution in [1.82, 2.24) is 5.16 Å². The van der Waals surface area contributed by atoms with Crippen LogP contribution in [0.25, 0.3) is 0 Å². The third-order valence-corrected chi connectivity index (χ3v) is 3.93. The van der Waals surface area contributed by atoms with E-state index in [1.165, 1.54) is 0 Å². The number of halogens is 2. The zero-order valence-corrected chi connectivity index (χ0v) is 14.7. The lowest BCUT2D eigenvalue weighted by molar-refractivity contribution is 0.155. The molecule has 0 radical (unpaired) electrons. The van der Waals surface area contributed by atoms with Crippen molar-refractivity contribution in [2.24, 2.45) is 5.73 Å². The number of ether oxygens (including phenoxy) is 2. The van der Waals surface area contributed by atoms with Gasteiger partial charge in [-0.25, -0.2) is 0 Å². The Hall–Kier alpha value is -0.890. The summed E-state index contributed by atoms with van der Waals surface area (Å²) in [5, 5.41) is 3.93. The highest BCUT2D eigenvalue weighted by Gasteiger charge is 2.11. The van der Waals surface area contributed by atoms with Crippen LogP contribution in [0.2, 0.25) is 0 Å². The topological polar surface area (TPSA) is 70.5 Å². The molecular formula is C14H16Br2N2O3. The molecule has 0 atom stereocenters. The molecule has 1 aromatic heterocycles. The fraction of sp³-hybridized carbons (Fsp3) is 0.357. The quantitative estimate of drug-likeness (QED) is 0.744. The molecule has 2 N–H and O–H groups in total. The highest BCUT2D eigenvalue weighted by Crippen LogP contribution is 2.35. The Morgan fingerprint density at radius 2 is 1.90 bits per heavy atom. The minimum atomic E-state index is 0.320. The predicted octanol–water partition coefficient (Wildman–Crippen LogP) is 3.43. The van der Waals surface area contributed by atoms with E-state index in [2.05, 4.69) is 37.0 Å².